The maximum absolute atomic E-state index is 12.7. The Kier molecular flexibility index (Phi) is 7.44. The van der Waals surface area contributed by atoms with Gasteiger partial charge in [-0.2, -0.15) is 13.2 Å². The first-order valence-electron chi connectivity index (χ1n) is 7.31. The molecule has 150 valence electrons. The van der Waals surface area contributed by atoms with Gasteiger partial charge in [-0.15, -0.1) is 0 Å². The Morgan fingerprint density at radius 2 is 1.96 bits per heavy atom. The van der Waals surface area contributed by atoms with E-state index in [1.165, 1.54) is 25.3 Å². The second-order valence-corrected chi connectivity index (χ2v) is 7.80. The molecular weight excluding hydrogens is 443 g/mol. The van der Waals surface area contributed by atoms with Gasteiger partial charge in [-0.3, -0.25) is 14.9 Å². The van der Waals surface area contributed by atoms with E-state index in [4.69, 9.17) is 16.3 Å². The Labute approximate surface area is 169 Å². The highest BCUT2D eigenvalue weighted by molar-refractivity contribution is 8.76. The molecule has 28 heavy (non-hydrogen) atoms. The molecule has 0 saturated carbocycles. The van der Waals surface area contributed by atoms with Gasteiger partial charge in [-0.1, -0.05) is 22.4 Å². The smallest absolute Gasteiger partial charge is 0.416 e. The third kappa shape index (κ3) is 5.94. The summed E-state index contributed by atoms with van der Waals surface area (Å²) in [5.41, 5.74) is -1.14. The quantitative estimate of drug-likeness (QED) is 0.221. The van der Waals surface area contributed by atoms with Crippen LogP contribution in [0.3, 0.4) is 0 Å². The van der Waals surface area contributed by atoms with Crippen LogP contribution >= 0.6 is 33.2 Å². The maximum Gasteiger partial charge on any atom is 0.416 e. The van der Waals surface area contributed by atoms with Gasteiger partial charge in [0.15, 0.2) is 0 Å². The maximum atomic E-state index is 12.7. The third-order valence-electron chi connectivity index (χ3n) is 3.17. The predicted octanol–water partition coefficient (Wildman–Crippen LogP) is 5.97. The lowest BCUT2D eigenvalue weighted by molar-refractivity contribution is -0.387. The van der Waals surface area contributed by atoms with Crippen molar-refractivity contribution in [3.05, 3.63) is 57.1 Å². The molecule has 0 N–H and O–H groups in total. The molecule has 2 aromatic carbocycles. The highest BCUT2D eigenvalue weighted by atomic mass is 35.5. The Balaban J connectivity index is 2.23. The Morgan fingerprint density at radius 1 is 1.25 bits per heavy atom. The Hall–Kier alpha value is -2.11. The normalized spacial score (nSPS) is 11.2. The van der Waals surface area contributed by atoms with E-state index in [1.54, 1.807) is 0 Å². The molecule has 0 spiro atoms. The molecular formula is C16H11ClF3NO5S2. The van der Waals surface area contributed by atoms with Crippen LogP contribution in [0.25, 0.3) is 0 Å². The first-order chi connectivity index (χ1) is 13.1. The van der Waals surface area contributed by atoms with Crippen LogP contribution in [0, 0.1) is 10.1 Å². The summed E-state index contributed by atoms with van der Waals surface area (Å²) in [5, 5.41) is 10.9. The van der Waals surface area contributed by atoms with Crippen molar-refractivity contribution in [2.45, 2.75) is 11.1 Å². The van der Waals surface area contributed by atoms with Gasteiger partial charge in [0.05, 0.1) is 27.5 Å². The molecule has 0 unspecified atom stereocenters. The zero-order valence-corrected chi connectivity index (χ0v) is 16.4. The molecule has 0 aromatic heterocycles. The summed E-state index contributed by atoms with van der Waals surface area (Å²) >= 11 is 5.85. The highest BCUT2D eigenvalue weighted by Crippen LogP contribution is 2.41. The third-order valence-corrected chi connectivity index (χ3v) is 5.69. The summed E-state index contributed by atoms with van der Waals surface area (Å²) in [6.07, 6.45) is -4.55. The Bertz CT molecular complexity index is 895. The molecule has 0 bridgehead atoms. The summed E-state index contributed by atoms with van der Waals surface area (Å²) in [6.45, 7) is 0. The second kappa shape index (κ2) is 9.39. The van der Waals surface area contributed by atoms with E-state index in [-0.39, 0.29) is 32.9 Å². The molecule has 0 aliphatic carbocycles. The van der Waals surface area contributed by atoms with Crippen molar-refractivity contribution < 1.29 is 32.4 Å². The molecule has 6 nitrogen and oxygen atoms in total. The van der Waals surface area contributed by atoms with Crippen molar-refractivity contribution >= 4 is 44.8 Å². The standard InChI is InChI=1S/C16H11ClF3NO5S2/c1-25-15(22)8-27-28-14-7-10(3-4-12(14)21(23)24)26-13-5-2-9(6-11(13)17)16(18,19)20/h2-7H,8H2,1H3. The second-order valence-electron chi connectivity index (χ2n) is 5.05. The van der Waals surface area contributed by atoms with E-state index < -0.39 is 22.6 Å². The zero-order chi connectivity index (χ0) is 20.9. The van der Waals surface area contributed by atoms with Gasteiger partial charge in [0.25, 0.3) is 5.69 Å². The van der Waals surface area contributed by atoms with E-state index in [1.807, 2.05) is 0 Å². The number of nitrogens with zero attached hydrogens (tertiary/aromatic N) is 1. The van der Waals surface area contributed by atoms with Crippen molar-refractivity contribution in [3.8, 4) is 11.5 Å². The topological polar surface area (TPSA) is 78.7 Å². The molecule has 2 rings (SSSR count). The predicted molar refractivity (Wildman–Crippen MR) is 100.0 cm³/mol. The van der Waals surface area contributed by atoms with Gasteiger partial charge in [0.1, 0.15) is 17.3 Å². The van der Waals surface area contributed by atoms with Crippen LogP contribution in [0.5, 0.6) is 11.5 Å². The van der Waals surface area contributed by atoms with Gasteiger partial charge in [-0.05, 0) is 35.1 Å². The number of benzene rings is 2. The number of esters is 1. The minimum atomic E-state index is -4.55. The van der Waals surface area contributed by atoms with Crippen molar-refractivity contribution in [2.24, 2.45) is 0 Å². The lowest BCUT2D eigenvalue weighted by Crippen LogP contribution is -2.04. The number of hydrogen-bond donors (Lipinski definition) is 0. The Morgan fingerprint density at radius 3 is 2.54 bits per heavy atom. The van der Waals surface area contributed by atoms with E-state index in [2.05, 4.69) is 4.74 Å². The fourth-order valence-corrected chi connectivity index (χ4v) is 4.12. The summed E-state index contributed by atoms with van der Waals surface area (Å²) in [7, 11) is 3.21. The van der Waals surface area contributed by atoms with E-state index in [9.17, 15) is 28.1 Å². The van der Waals surface area contributed by atoms with Gasteiger partial charge in [0, 0.05) is 12.1 Å². The minimum absolute atomic E-state index is 0.0336. The summed E-state index contributed by atoms with van der Waals surface area (Å²) in [6, 6.07) is 6.42. The molecule has 2 aromatic rings. The highest BCUT2D eigenvalue weighted by Gasteiger charge is 2.31. The fourth-order valence-electron chi connectivity index (χ4n) is 1.86. The molecule has 0 saturated heterocycles. The van der Waals surface area contributed by atoms with Gasteiger partial charge < -0.3 is 9.47 Å². The van der Waals surface area contributed by atoms with Crippen LogP contribution in [-0.2, 0) is 15.7 Å². The number of ether oxygens (including phenoxy) is 2. The van der Waals surface area contributed by atoms with Crippen LogP contribution in [0.2, 0.25) is 5.02 Å². The number of hydrogen-bond acceptors (Lipinski definition) is 7. The largest absolute Gasteiger partial charge is 0.468 e. The zero-order valence-electron chi connectivity index (χ0n) is 14.0. The number of halogens is 4. The molecule has 0 fully saturated rings. The number of carbonyl (C=O) groups excluding carboxylic acids is 1. The molecule has 0 aliphatic rings. The molecule has 0 aliphatic heterocycles. The van der Waals surface area contributed by atoms with Crippen LogP contribution in [0.4, 0.5) is 18.9 Å². The number of nitro benzene ring substituents is 1. The van der Waals surface area contributed by atoms with E-state index >= 15 is 0 Å². The SMILES string of the molecule is COC(=O)CSSc1cc(Oc2ccc(C(F)(F)F)cc2Cl)ccc1[N+](=O)[O-]. The van der Waals surface area contributed by atoms with E-state index in [0.29, 0.717) is 0 Å². The average Bonchev–Trinajstić information content (AvgIpc) is 2.62. The minimum Gasteiger partial charge on any atom is -0.468 e. The van der Waals surface area contributed by atoms with Crippen molar-refractivity contribution in [2.75, 3.05) is 12.9 Å². The monoisotopic (exact) mass is 453 g/mol. The first-order valence-corrected chi connectivity index (χ1v) is 10.0. The van der Waals surface area contributed by atoms with Gasteiger partial charge in [0.2, 0.25) is 0 Å². The number of alkyl halides is 3. The molecule has 0 atom stereocenters. The first kappa shape index (κ1) is 22.2. The summed E-state index contributed by atoms with van der Waals surface area (Å²) in [4.78, 5) is 21.9. The number of methoxy groups -OCH3 is 1. The van der Waals surface area contributed by atoms with Crippen LogP contribution < -0.4 is 4.74 Å². The molecule has 0 radical (unpaired) electrons. The number of nitro groups is 1. The van der Waals surface area contributed by atoms with Crippen LogP contribution in [0.1, 0.15) is 5.56 Å². The lowest BCUT2D eigenvalue weighted by Gasteiger charge is -2.12. The number of carbonyl (C=O) groups is 1. The lowest BCUT2D eigenvalue weighted by atomic mass is 10.2. The fraction of sp³-hybridized carbons (Fsp3) is 0.188. The molecule has 0 amide bonds. The average molecular weight is 454 g/mol. The van der Waals surface area contributed by atoms with Crippen LogP contribution in [0.15, 0.2) is 41.3 Å². The van der Waals surface area contributed by atoms with Crippen molar-refractivity contribution in [1.82, 2.24) is 0 Å². The summed E-state index contributed by atoms with van der Waals surface area (Å²) < 4.78 is 48.1. The van der Waals surface area contributed by atoms with Crippen molar-refractivity contribution in [1.29, 1.82) is 0 Å². The summed E-state index contributed by atoms with van der Waals surface area (Å²) in [5.74, 6) is -0.437. The van der Waals surface area contributed by atoms with E-state index in [0.717, 1.165) is 39.8 Å². The van der Waals surface area contributed by atoms with Crippen LogP contribution in [-0.4, -0.2) is 23.8 Å². The van der Waals surface area contributed by atoms with Crippen molar-refractivity contribution in [3.63, 3.8) is 0 Å². The van der Waals surface area contributed by atoms with Gasteiger partial charge in [-0.25, -0.2) is 0 Å². The number of rotatable bonds is 7. The molecule has 12 heteroatoms. The van der Waals surface area contributed by atoms with Gasteiger partial charge >= 0.3 is 12.1 Å². The molecule has 0 heterocycles.